The van der Waals surface area contributed by atoms with Gasteiger partial charge in [-0.3, -0.25) is 4.99 Å². The van der Waals surface area contributed by atoms with Crippen molar-refractivity contribution < 1.29 is 9.50 Å². The van der Waals surface area contributed by atoms with Gasteiger partial charge in [0.2, 0.25) is 0 Å². The fourth-order valence-electron chi connectivity index (χ4n) is 2.87. The van der Waals surface area contributed by atoms with E-state index >= 15 is 0 Å². The Morgan fingerprint density at radius 2 is 1.83 bits per heavy atom. The Hall–Kier alpha value is -3.60. The number of anilines is 1. The molecule has 29 heavy (non-hydrogen) atoms. The molecule has 0 bridgehead atoms. The van der Waals surface area contributed by atoms with Crippen LogP contribution in [0.1, 0.15) is 5.56 Å². The Labute approximate surface area is 170 Å². The average Bonchev–Trinajstić information content (AvgIpc) is 2.74. The van der Waals surface area contributed by atoms with Gasteiger partial charge < -0.3 is 15.7 Å². The molecule has 3 rings (SSSR count). The van der Waals surface area contributed by atoms with E-state index in [-0.39, 0.29) is 11.6 Å². The molecule has 0 aromatic heterocycles. The quantitative estimate of drug-likeness (QED) is 0.231. The number of aliphatic imine (C=N–C) groups is 1. The van der Waals surface area contributed by atoms with E-state index in [2.05, 4.69) is 22.2 Å². The summed E-state index contributed by atoms with van der Waals surface area (Å²) in [6, 6.07) is 21.8. The molecule has 4 nitrogen and oxygen atoms in total. The first kappa shape index (κ1) is 20.1. The molecule has 0 fully saturated rings. The minimum atomic E-state index is -0.253. The summed E-state index contributed by atoms with van der Waals surface area (Å²) < 4.78 is 13.3. The highest BCUT2D eigenvalue weighted by molar-refractivity contribution is 5.95. The molecule has 0 saturated carbocycles. The lowest BCUT2D eigenvalue weighted by molar-refractivity contribution is 0.478. The van der Waals surface area contributed by atoms with Gasteiger partial charge in [0, 0.05) is 13.1 Å². The topological polar surface area (TPSA) is 56.7 Å². The summed E-state index contributed by atoms with van der Waals surface area (Å²) in [7, 11) is 0. The summed E-state index contributed by atoms with van der Waals surface area (Å²) in [5.74, 6) is 0.391. The van der Waals surface area contributed by atoms with Crippen molar-refractivity contribution in [3.05, 3.63) is 96.8 Å². The minimum absolute atomic E-state index is 0.128. The maximum atomic E-state index is 13.3. The second kappa shape index (κ2) is 10.1. The van der Waals surface area contributed by atoms with E-state index in [9.17, 15) is 9.50 Å². The van der Waals surface area contributed by atoms with E-state index in [0.717, 1.165) is 16.7 Å². The zero-order valence-electron chi connectivity index (χ0n) is 16.1. The van der Waals surface area contributed by atoms with E-state index < -0.39 is 0 Å². The van der Waals surface area contributed by atoms with Gasteiger partial charge in [0.05, 0.1) is 5.69 Å². The van der Waals surface area contributed by atoms with Crippen molar-refractivity contribution in [1.82, 2.24) is 5.32 Å². The largest absolute Gasteiger partial charge is 0.506 e. The minimum Gasteiger partial charge on any atom is -0.506 e. The predicted octanol–water partition coefficient (Wildman–Crippen LogP) is 4.98. The average molecular weight is 389 g/mol. The van der Waals surface area contributed by atoms with Crippen molar-refractivity contribution in [1.29, 1.82) is 0 Å². The number of nitrogens with zero attached hydrogens (tertiary/aromatic N) is 1. The first-order valence-corrected chi connectivity index (χ1v) is 9.45. The number of guanidine groups is 1. The van der Waals surface area contributed by atoms with Gasteiger partial charge in [-0.2, -0.15) is 0 Å². The summed E-state index contributed by atoms with van der Waals surface area (Å²) in [5.41, 5.74) is 3.46. The highest BCUT2D eigenvalue weighted by atomic mass is 19.1. The van der Waals surface area contributed by atoms with Crippen LogP contribution in [0.5, 0.6) is 5.75 Å². The number of aromatic hydroxyl groups is 1. The van der Waals surface area contributed by atoms with Crippen molar-refractivity contribution in [2.24, 2.45) is 4.99 Å². The van der Waals surface area contributed by atoms with Crippen LogP contribution in [-0.4, -0.2) is 24.2 Å². The molecule has 0 saturated heterocycles. The number of phenols is 1. The van der Waals surface area contributed by atoms with Crippen LogP contribution in [0.15, 0.2) is 90.4 Å². The molecule has 0 aliphatic rings. The number of nitrogens with one attached hydrogen (secondary N) is 2. The predicted molar refractivity (Wildman–Crippen MR) is 118 cm³/mol. The molecule has 3 aromatic carbocycles. The third-order valence-corrected chi connectivity index (χ3v) is 4.33. The Kier molecular flexibility index (Phi) is 7.00. The van der Waals surface area contributed by atoms with Gasteiger partial charge in [0.25, 0.3) is 0 Å². The third-order valence-electron chi connectivity index (χ3n) is 4.33. The maximum absolute atomic E-state index is 13.3. The van der Waals surface area contributed by atoms with Gasteiger partial charge in [0.1, 0.15) is 11.6 Å². The van der Waals surface area contributed by atoms with E-state index in [0.29, 0.717) is 31.2 Å². The van der Waals surface area contributed by atoms with Crippen LogP contribution >= 0.6 is 0 Å². The molecule has 148 valence electrons. The standard InChI is InChI=1S/C24H24FN3O/c1-2-14-26-24(27-15-13-18-7-6-10-21(25)16-18)28-22-17-20(11-12-23(22)29)19-8-4-3-5-9-19/h2-12,16-17,29H,1,13-15H2,(H2,26,27,28). The molecule has 0 spiro atoms. The number of hydrogen-bond acceptors (Lipinski definition) is 2. The molecule has 3 N–H and O–H groups in total. The Morgan fingerprint density at radius 1 is 1.00 bits per heavy atom. The molecule has 0 radical (unpaired) electrons. The van der Waals surface area contributed by atoms with Crippen LogP contribution in [0.2, 0.25) is 0 Å². The van der Waals surface area contributed by atoms with Gasteiger partial charge in [-0.15, -0.1) is 6.58 Å². The molecule has 3 aromatic rings. The second-order valence-electron chi connectivity index (χ2n) is 6.50. The van der Waals surface area contributed by atoms with Crippen molar-refractivity contribution >= 4 is 11.6 Å². The SMILES string of the molecule is C=CCNC(=NCCc1cccc(F)c1)Nc1cc(-c2ccccc2)ccc1O. The second-order valence-corrected chi connectivity index (χ2v) is 6.50. The van der Waals surface area contributed by atoms with Gasteiger partial charge in [0.15, 0.2) is 5.96 Å². The summed E-state index contributed by atoms with van der Waals surface area (Å²) in [6.07, 6.45) is 2.33. The lowest BCUT2D eigenvalue weighted by Gasteiger charge is -2.14. The summed E-state index contributed by atoms with van der Waals surface area (Å²) in [5, 5.41) is 16.6. The number of rotatable bonds is 7. The molecular formula is C24H24FN3O. The van der Waals surface area contributed by atoms with Gasteiger partial charge in [-0.05, 0) is 47.4 Å². The van der Waals surface area contributed by atoms with Crippen LogP contribution in [0, 0.1) is 5.82 Å². The first-order valence-electron chi connectivity index (χ1n) is 9.45. The van der Waals surface area contributed by atoms with Crippen LogP contribution in [0.4, 0.5) is 10.1 Å². The fourth-order valence-corrected chi connectivity index (χ4v) is 2.87. The van der Waals surface area contributed by atoms with E-state index in [1.165, 1.54) is 12.1 Å². The van der Waals surface area contributed by atoms with Crippen LogP contribution in [0.25, 0.3) is 11.1 Å². The number of hydrogen-bond donors (Lipinski definition) is 3. The van der Waals surface area contributed by atoms with Crippen molar-refractivity contribution in [2.75, 3.05) is 18.4 Å². The maximum Gasteiger partial charge on any atom is 0.196 e. The highest BCUT2D eigenvalue weighted by Crippen LogP contribution is 2.29. The summed E-state index contributed by atoms with van der Waals surface area (Å²) in [4.78, 5) is 4.54. The van der Waals surface area contributed by atoms with E-state index in [1.807, 2.05) is 48.5 Å². The lowest BCUT2D eigenvalue weighted by Crippen LogP contribution is -2.31. The molecule has 0 unspecified atom stereocenters. The zero-order valence-corrected chi connectivity index (χ0v) is 16.1. The van der Waals surface area contributed by atoms with E-state index in [1.54, 1.807) is 18.2 Å². The molecule has 0 aliphatic heterocycles. The van der Waals surface area contributed by atoms with Crippen LogP contribution in [0.3, 0.4) is 0 Å². The number of phenolic OH excluding ortho intramolecular Hbond substituents is 1. The smallest absolute Gasteiger partial charge is 0.196 e. The van der Waals surface area contributed by atoms with Crippen LogP contribution < -0.4 is 10.6 Å². The summed E-state index contributed by atoms with van der Waals surface area (Å²) >= 11 is 0. The number of halogens is 1. The normalized spacial score (nSPS) is 11.1. The zero-order chi connectivity index (χ0) is 20.5. The van der Waals surface area contributed by atoms with Gasteiger partial charge >= 0.3 is 0 Å². The van der Waals surface area contributed by atoms with Crippen molar-refractivity contribution in [3.63, 3.8) is 0 Å². The number of benzene rings is 3. The molecule has 0 amide bonds. The first-order chi connectivity index (χ1) is 14.2. The monoisotopic (exact) mass is 389 g/mol. The Bertz CT molecular complexity index is 986. The summed E-state index contributed by atoms with van der Waals surface area (Å²) in [6.45, 7) is 4.70. The molecule has 0 atom stereocenters. The fraction of sp³-hybridized carbons (Fsp3) is 0.125. The molecule has 0 aliphatic carbocycles. The van der Waals surface area contributed by atoms with Gasteiger partial charge in [-0.25, -0.2) is 4.39 Å². The lowest BCUT2D eigenvalue weighted by atomic mass is 10.0. The Morgan fingerprint density at radius 3 is 2.59 bits per heavy atom. The highest BCUT2D eigenvalue weighted by Gasteiger charge is 2.07. The van der Waals surface area contributed by atoms with Gasteiger partial charge in [-0.1, -0.05) is 54.6 Å². The van der Waals surface area contributed by atoms with Crippen LogP contribution in [-0.2, 0) is 6.42 Å². The molecule has 0 heterocycles. The van der Waals surface area contributed by atoms with E-state index in [4.69, 9.17) is 0 Å². The Balaban J connectivity index is 1.76. The van der Waals surface area contributed by atoms with Crippen molar-refractivity contribution in [2.45, 2.75) is 6.42 Å². The molecular weight excluding hydrogens is 365 g/mol. The third kappa shape index (κ3) is 5.94. The van der Waals surface area contributed by atoms with Crippen molar-refractivity contribution in [3.8, 4) is 16.9 Å². The molecule has 5 heteroatoms.